The van der Waals surface area contributed by atoms with Crippen LogP contribution in [0.5, 0.6) is 11.5 Å². The van der Waals surface area contributed by atoms with Crippen LogP contribution in [0.3, 0.4) is 0 Å². The van der Waals surface area contributed by atoms with Crippen molar-refractivity contribution in [3.8, 4) is 11.5 Å². The number of ether oxygens (including phenoxy) is 1. The number of benzene rings is 2. The van der Waals surface area contributed by atoms with Gasteiger partial charge in [-0.1, -0.05) is 35.3 Å². The van der Waals surface area contributed by atoms with Crippen LogP contribution in [0.15, 0.2) is 30.3 Å². The second kappa shape index (κ2) is 6.24. The van der Waals surface area contributed by atoms with E-state index in [4.69, 9.17) is 33.0 Å². The molecule has 5 nitrogen and oxygen atoms in total. The number of carbonyl (C=O) groups is 2. The molecule has 1 unspecified atom stereocenters. The number of hydrogen-bond donors (Lipinski definition) is 2. The van der Waals surface area contributed by atoms with E-state index in [0.717, 1.165) is 0 Å². The number of phenolic OH excluding ortho intramolecular Hbond substituents is 1. The highest BCUT2D eigenvalue weighted by Gasteiger charge is 2.45. The molecule has 0 aromatic heterocycles. The molecule has 0 bridgehead atoms. The number of halogens is 2. The average Bonchev–Trinajstić information content (AvgIpc) is 2.82. The number of hydrogen-bond acceptors (Lipinski definition) is 4. The van der Waals surface area contributed by atoms with E-state index in [9.17, 15) is 14.7 Å². The van der Waals surface area contributed by atoms with E-state index in [2.05, 4.69) is 0 Å². The third-order valence-electron chi connectivity index (χ3n) is 4.36. The quantitative estimate of drug-likeness (QED) is 0.840. The van der Waals surface area contributed by atoms with E-state index in [0.29, 0.717) is 23.1 Å². The zero-order valence-corrected chi connectivity index (χ0v) is 14.7. The molecule has 0 fully saturated rings. The Labute approximate surface area is 153 Å². The molecule has 130 valence electrons. The normalized spacial score (nSPS) is 18.9. The van der Waals surface area contributed by atoms with Crippen LogP contribution in [0, 0.1) is 0 Å². The fourth-order valence-corrected chi connectivity index (χ4v) is 3.61. The van der Waals surface area contributed by atoms with Crippen molar-refractivity contribution < 1.29 is 24.5 Å². The molecule has 0 aliphatic heterocycles. The van der Waals surface area contributed by atoms with Crippen LogP contribution in [0.2, 0.25) is 10.0 Å². The van der Waals surface area contributed by atoms with Gasteiger partial charge in [-0.3, -0.25) is 4.79 Å². The number of carboxylic acids is 1. The Bertz CT molecular complexity index is 893. The molecule has 1 aliphatic carbocycles. The molecule has 3 rings (SSSR count). The fraction of sp³-hybridized carbons (Fsp3) is 0.222. The zero-order chi connectivity index (χ0) is 18.4. The molecule has 7 heteroatoms. The largest absolute Gasteiger partial charge is 0.508 e. The molecule has 0 spiro atoms. The third-order valence-corrected chi connectivity index (χ3v) is 5.21. The van der Waals surface area contributed by atoms with Crippen molar-refractivity contribution in [2.24, 2.45) is 0 Å². The lowest BCUT2D eigenvalue weighted by molar-refractivity contribution is -0.139. The SMILES string of the molecule is CC1(c2cccc(O)c2)Cc2cc(OCC(=O)O)c(Cl)c(Cl)c2C1=O. The monoisotopic (exact) mass is 380 g/mol. The number of aliphatic carboxylic acids is 1. The van der Waals surface area contributed by atoms with Crippen molar-refractivity contribution in [1.82, 2.24) is 0 Å². The van der Waals surface area contributed by atoms with Crippen molar-refractivity contribution in [1.29, 1.82) is 0 Å². The van der Waals surface area contributed by atoms with Gasteiger partial charge in [0.15, 0.2) is 12.4 Å². The molecule has 0 amide bonds. The van der Waals surface area contributed by atoms with E-state index in [1.165, 1.54) is 6.07 Å². The van der Waals surface area contributed by atoms with E-state index in [-0.39, 0.29) is 27.3 Å². The Morgan fingerprint density at radius 1 is 1.28 bits per heavy atom. The molecular formula is C18H14Cl2O5. The summed E-state index contributed by atoms with van der Waals surface area (Å²) in [6, 6.07) is 8.06. The topological polar surface area (TPSA) is 83.8 Å². The van der Waals surface area contributed by atoms with Gasteiger partial charge in [-0.25, -0.2) is 4.79 Å². The Morgan fingerprint density at radius 3 is 2.64 bits per heavy atom. The number of Topliss-reactive ketones (excluding diaryl/α,β-unsaturated/α-hetero) is 1. The van der Waals surface area contributed by atoms with Crippen molar-refractivity contribution in [3.05, 3.63) is 57.1 Å². The van der Waals surface area contributed by atoms with Crippen LogP contribution < -0.4 is 4.74 Å². The molecule has 2 aromatic rings. The van der Waals surface area contributed by atoms with Gasteiger partial charge in [-0.05, 0) is 42.7 Å². The lowest BCUT2D eigenvalue weighted by Gasteiger charge is -2.22. The summed E-state index contributed by atoms with van der Waals surface area (Å²) in [5.41, 5.74) is 0.694. The van der Waals surface area contributed by atoms with Gasteiger partial charge >= 0.3 is 5.97 Å². The Morgan fingerprint density at radius 2 is 2.00 bits per heavy atom. The Kier molecular flexibility index (Phi) is 4.39. The predicted octanol–water partition coefficient (Wildman–Crippen LogP) is 3.86. The van der Waals surface area contributed by atoms with Crippen LogP contribution >= 0.6 is 23.2 Å². The number of carbonyl (C=O) groups excluding carboxylic acids is 1. The summed E-state index contributed by atoms with van der Waals surface area (Å²) in [6.07, 6.45) is 0.338. The number of fused-ring (bicyclic) bond motifs is 1. The van der Waals surface area contributed by atoms with Crippen LogP contribution in [-0.4, -0.2) is 28.6 Å². The number of aromatic hydroxyl groups is 1. The molecule has 0 saturated heterocycles. The minimum Gasteiger partial charge on any atom is -0.508 e. The van der Waals surface area contributed by atoms with E-state index in [1.54, 1.807) is 31.2 Å². The van der Waals surface area contributed by atoms with Crippen LogP contribution in [-0.2, 0) is 16.6 Å². The van der Waals surface area contributed by atoms with Gasteiger partial charge < -0.3 is 14.9 Å². The van der Waals surface area contributed by atoms with E-state index < -0.39 is 18.0 Å². The highest BCUT2D eigenvalue weighted by atomic mass is 35.5. The third kappa shape index (κ3) is 2.94. The summed E-state index contributed by atoms with van der Waals surface area (Å²) >= 11 is 12.4. The Balaban J connectivity index is 2.06. The van der Waals surface area contributed by atoms with Gasteiger partial charge in [0.05, 0.1) is 10.4 Å². The second-order valence-electron chi connectivity index (χ2n) is 6.11. The maximum Gasteiger partial charge on any atom is 0.341 e. The number of ketones is 1. The summed E-state index contributed by atoms with van der Waals surface area (Å²) in [4.78, 5) is 23.7. The number of carboxylic acid groups (broad SMARTS) is 1. The average molecular weight is 381 g/mol. The van der Waals surface area contributed by atoms with Gasteiger partial charge in [-0.15, -0.1) is 0 Å². The van der Waals surface area contributed by atoms with Crippen molar-refractivity contribution in [2.45, 2.75) is 18.8 Å². The zero-order valence-electron chi connectivity index (χ0n) is 13.2. The van der Waals surface area contributed by atoms with E-state index >= 15 is 0 Å². The van der Waals surface area contributed by atoms with E-state index in [1.807, 2.05) is 0 Å². The van der Waals surface area contributed by atoms with Gasteiger partial charge in [0.2, 0.25) is 0 Å². The van der Waals surface area contributed by atoms with Gasteiger partial charge in [-0.2, -0.15) is 0 Å². The maximum atomic E-state index is 13.0. The standard InChI is InChI=1S/C18H14Cl2O5/c1-18(10-3-2-4-11(21)6-10)7-9-5-12(25-8-13(22)23)15(19)16(20)14(9)17(18)24/h2-6,21H,7-8H2,1H3,(H,22,23). The lowest BCUT2D eigenvalue weighted by Crippen LogP contribution is -2.29. The van der Waals surface area contributed by atoms with Gasteiger partial charge in [0.1, 0.15) is 16.5 Å². The van der Waals surface area contributed by atoms with Gasteiger partial charge in [0.25, 0.3) is 0 Å². The molecule has 1 aliphatic rings. The van der Waals surface area contributed by atoms with Crippen LogP contribution in [0.25, 0.3) is 0 Å². The second-order valence-corrected chi connectivity index (χ2v) is 6.86. The summed E-state index contributed by atoms with van der Waals surface area (Å²) in [6.45, 7) is 1.21. The van der Waals surface area contributed by atoms with Crippen molar-refractivity contribution >= 4 is 35.0 Å². The smallest absolute Gasteiger partial charge is 0.341 e. The van der Waals surface area contributed by atoms with Gasteiger partial charge in [0, 0.05) is 5.56 Å². The Hall–Kier alpha value is -2.24. The van der Waals surface area contributed by atoms with Crippen LogP contribution in [0.4, 0.5) is 0 Å². The minimum absolute atomic E-state index is 0.00942. The molecule has 25 heavy (non-hydrogen) atoms. The van der Waals surface area contributed by atoms with Crippen molar-refractivity contribution in [3.63, 3.8) is 0 Å². The minimum atomic E-state index is -1.15. The number of rotatable bonds is 4. The fourth-order valence-electron chi connectivity index (χ4n) is 3.10. The van der Waals surface area contributed by atoms with Crippen LogP contribution in [0.1, 0.15) is 28.4 Å². The lowest BCUT2D eigenvalue weighted by atomic mass is 9.79. The molecule has 2 aromatic carbocycles. The first-order valence-electron chi connectivity index (χ1n) is 7.44. The highest BCUT2D eigenvalue weighted by Crippen LogP contribution is 2.47. The molecule has 1 atom stereocenters. The molecule has 0 saturated carbocycles. The first-order valence-corrected chi connectivity index (χ1v) is 8.19. The predicted molar refractivity (Wildman–Crippen MR) is 93.1 cm³/mol. The first kappa shape index (κ1) is 17.6. The highest BCUT2D eigenvalue weighted by molar-refractivity contribution is 6.45. The molecule has 0 heterocycles. The number of phenols is 1. The van der Waals surface area contributed by atoms with Crippen molar-refractivity contribution in [2.75, 3.05) is 6.61 Å². The first-order chi connectivity index (χ1) is 11.7. The summed E-state index contributed by atoms with van der Waals surface area (Å²) in [7, 11) is 0. The molecular weight excluding hydrogens is 367 g/mol. The molecule has 2 N–H and O–H groups in total. The molecule has 0 radical (unpaired) electrons. The summed E-state index contributed by atoms with van der Waals surface area (Å²) < 4.78 is 5.17. The summed E-state index contributed by atoms with van der Waals surface area (Å²) in [5.74, 6) is -1.16. The summed E-state index contributed by atoms with van der Waals surface area (Å²) in [5, 5.41) is 18.5. The maximum absolute atomic E-state index is 13.0.